The van der Waals surface area contributed by atoms with Gasteiger partial charge in [-0.25, -0.2) is 0 Å². The number of rotatable bonds is 6. The van der Waals surface area contributed by atoms with E-state index >= 15 is 0 Å². The van der Waals surface area contributed by atoms with Crippen LogP contribution in [-0.4, -0.2) is 15.8 Å². The van der Waals surface area contributed by atoms with E-state index in [1.165, 1.54) is 12.1 Å². The van der Waals surface area contributed by atoms with Gasteiger partial charge in [0.2, 0.25) is 0 Å². The van der Waals surface area contributed by atoms with Crippen molar-refractivity contribution >= 4 is 0 Å². The molecule has 3 N–H and O–H groups in total. The van der Waals surface area contributed by atoms with Gasteiger partial charge in [-0.2, -0.15) is 5.10 Å². The van der Waals surface area contributed by atoms with E-state index in [-0.39, 0.29) is 0 Å². The monoisotopic (exact) mass is 224 g/mol. The SMILES string of the molecule is CCC(C)CC(Cc1cc(C)nn1C)NN. The van der Waals surface area contributed by atoms with Gasteiger partial charge in [-0.3, -0.25) is 16.0 Å². The van der Waals surface area contributed by atoms with Crippen molar-refractivity contribution in [3.05, 3.63) is 17.5 Å². The Balaban J connectivity index is 2.59. The molecule has 1 heterocycles. The van der Waals surface area contributed by atoms with Crippen molar-refractivity contribution in [3.8, 4) is 0 Å². The predicted molar refractivity (Wildman–Crippen MR) is 66.8 cm³/mol. The van der Waals surface area contributed by atoms with Gasteiger partial charge in [0.1, 0.15) is 0 Å². The molecular formula is C12H24N4. The zero-order chi connectivity index (χ0) is 12.1. The first-order valence-corrected chi connectivity index (χ1v) is 6.02. The van der Waals surface area contributed by atoms with E-state index < -0.39 is 0 Å². The molecule has 1 rings (SSSR count). The molecule has 0 aliphatic heterocycles. The fraction of sp³-hybridized carbons (Fsp3) is 0.750. The number of hydrogen-bond donors (Lipinski definition) is 2. The summed E-state index contributed by atoms with van der Waals surface area (Å²) in [6.07, 6.45) is 3.25. The van der Waals surface area contributed by atoms with Gasteiger partial charge in [0, 0.05) is 25.2 Å². The van der Waals surface area contributed by atoms with Gasteiger partial charge in [-0.1, -0.05) is 20.3 Å². The third-order valence-electron chi connectivity index (χ3n) is 3.17. The fourth-order valence-corrected chi connectivity index (χ4v) is 1.97. The molecule has 0 amide bonds. The van der Waals surface area contributed by atoms with E-state index in [0.29, 0.717) is 12.0 Å². The Morgan fingerprint density at radius 1 is 1.56 bits per heavy atom. The molecule has 2 unspecified atom stereocenters. The molecule has 0 radical (unpaired) electrons. The molecule has 0 aliphatic rings. The minimum Gasteiger partial charge on any atom is -0.272 e. The lowest BCUT2D eigenvalue weighted by molar-refractivity contribution is 0.391. The molecule has 0 fully saturated rings. The molecule has 2 atom stereocenters. The molecule has 0 bridgehead atoms. The molecule has 4 nitrogen and oxygen atoms in total. The Morgan fingerprint density at radius 2 is 2.25 bits per heavy atom. The minimum absolute atomic E-state index is 0.338. The number of hydrogen-bond acceptors (Lipinski definition) is 3. The highest BCUT2D eigenvalue weighted by molar-refractivity contribution is 5.10. The number of aromatic nitrogens is 2. The van der Waals surface area contributed by atoms with Gasteiger partial charge in [-0.05, 0) is 25.3 Å². The highest BCUT2D eigenvalue weighted by atomic mass is 15.3. The Kier molecular flexibility index (Phi) is 4.96. The van der Waals surface area contributed by atoms with E-state index in [9.17, 15) is 0 Å². The van der Waals surface area contributed by atoms with E-state index in [1.54, 1.807) is 0 Å². The fourth-order valence-electron chi connectivity index (χ4n) is 1.97. The summed E-state index contributed by atoms with van der Waals surface area (Å²) >= 11 is 0. The second-order valence-corrected chi connectivity index (χ2v) is 4.72. The highest BCUT2D eigenvalue weighted by Gasteiger charge is 2.13. The van der Waals surface area contributed by atoms with Crippen LogP contribution in [0, 0.1) is 12.8 Å². The van der Waals surface area contributed by atoms with Gasteiger partial charge in [-0.15, -0.1) is 0 Å². The second-order valence-electron chi connectivity index (χ2n) is 4.72. The molecule has 92 valence electrons. The zero-order valence-electron chi connectivity index (χ0n) is 10.8. The standard InChI is InChI=1S/C12H24N4/c1-5-9(2)6-11(14-13)8-12-7-10(3)15-16(12)4/h7,9,11,14H,5-6,8,13H2,1-4H3. The first kappa shape index (κ1) is 13.2. The van der Waals surface area contributed by atoms with Crippen molar-refractivity contribution in [3.63, 3.8) is 0 Å². The van der Waals surface area contributed by atoms with Crippen LogP contribution in [0.1, 0.15) is 38.1 Å². The van der Waals surface area contributed by atoms with Gasteiger partial charge < -0.3 is 0 Å². The number of nitrogens with two attached hydrogens (primary N) is 1. The van der Waals surface area contributed by atoms with Crippen molar-refractivity contribution in [1.82, 2.24) is 15.2 Å². The van der Waals surface area contributed by atoms with E-state index in [2.05, 4.69) is 30.4 Å². The van der Waals surface area contributed by atoms with Crippen LogP contribution in [0.2, 0.25) is 0 Å². The van der Waals surface area contributed by atoms with Crippen LogP contribution >= 0.6 is 0 Å². The maximum Gasteiger partial charge on any atom is 0.0596 e. The quantitative estimate of drug-likeness (QED) is 0.569. The molecule has 4 heteroatoms. The van der Waals surface area contributed by atoms with Gasteiger partial charge >= 0.3 is 0 Å². The van der Waals surface area contributed by atoms with Crippen molar-refractivity contribution in [2.75, 3.05) is 0 Å². The summed E-state index contributed by atoms with van der Waals surface area (Å²) in [5.74, 6) is 6.30. The molecule has 0 saturated heterocycles. The summed E-state index contributed by atoms with van der Waals surface area (Å²) in [4.78, 5) is 0. The maximum atomic E-state index is 5.60. The summed E-state index contributed by atoms with van der Waals surface area (Å²) in [5, 5.41) is 4.35. The van der Waals surface area contributed by atoms with Gasteiger partial charge in [0.15, 0.2) is 0 Å². The summed E-state index contributed by atoms with van der Waals surface area (Å²) in [5.41, 5.74) is 5.22. The molecule has 0 spiro atoms. The van der Waals surface area contributed by atoms with Crippen LogP contribution in [0.3, 0.4) is 0 Å². The molecule has 0 aromatic carbocycles. The van der Waals surface area contributed by atoms with Crippen LogP contribution in [0.4, 0.5) is 0 Å². The Bertz CT molecular complexity index is 319. The average molecular weight is 224 g/mol. The Hall–Kier alpha value is -0.870. The van der Waals surface area contributed by atoms with Crippen molar-refractivity contribution in [2.45, 2.75) is 46.1 Å². The van der Waals surface area contributed by atoms with E-state index in [1.807, 2.05) is 18.7 Å². The smallest absolute Gasteiger partial charge is 0.0596 e. The Morgan fingerprint density at radius 3 is 2.69 bits per heavy atom. The normalized spacial score (nSPS) is 15.1. The number of nitrogens with zero attached hydrogens (tertiary/aromatic N) is 2. The third kappa shape index (κ3) is 3.61. The van der Waals surface area contributed by atoms with Gasteiger partial charge in [0.25, 0.3) is 0 Å². The highest BCUT2D eigenvalue weighted by Crippen LogP contribution is 2.13. The predicted octanol–water partition coefficient (Wildman–Crippen LogP) is 1.54. The maximum absolute atomic E-state index is 5.60. The second kappa shape index (κ2) is 6.01. The van der Waals surface area contributed by atoms with Crippen molar-refractivity contribution in [2.24, 2.45) is 18.8 Å². The Labute approximate surface area is 98.2 Å². The van der Waals surface area contributed by atoms with Crippen LogP contribution in [0.25, 0.3) is 0 Å². The van der Waals surface area contributed by atoms with E-state index in [0.717, 1.165) is 18.5 Å². The van der Waals surface area contributed by atoms with Crippen LogP contribution in [0.5, 0.6) is 0 Å². The molecule has 0 aliphatic carbocycles. The lowest BCUT2D eigenvalue weighted by atomic mass is 9.97. The van der Waals surface area contributed by atoms with Crippen molar-refractivity contribution < 1.29 is 0 Å². The zero-order valence-corrected chi connectivity index (χ0v) is 10.8. The first-order valence-electron chi connectivity index (χ1n) is 6.02. The molecule has 0 saturated carbocycles. The third-order valence-corrected chi connectivity index (χ3v) is 3.17. The average Bonchev–Trinajstić information content (AvgIpc) is 2.56. The summed E-state index contributed by atoms with van der Waals surface area (Å²) < 4.78 is 1.94. The number of aryl methyl sites for hydroxylation is 2. The number of hydrazine groups is 1. The first-order chi connectivity index (χ1) is 7.56. The topological polar surface area (TPSA) is 55.9 Å². The molecule has 1 aromatic heterocycles. The minimum atomic E-state index is 0.338. The number of nitrogens with one attached hydrogen (secondary N) is 1. The van der Waals surface area contributed by atoms with E-state index in [4.69, 9.17) is 5.84 Å². The van der Waals surface area contributed by atoms with Crippen LogP contribution in [-0.2, 0) is 13.5 Å². The summed E-state index contributed by atoms with van der Waals surface area (Å²) in [6, 6.07) is 2.46. The lowest BCUT2D eigenvalue weighted by Gasteiger charge is -2.19. The summed E-state index contributed by atoms with van der Waals surface area (Å²) in [6.45, 7) is 6.49. The van der Waals surface area contributed by atoms with Gasteiger partial charge in [0.05, 0.1) is 5.69 Å². The van der Waals surface area contributed by atoms with Crippen LogP contribution < -0.4 is 11.3 Å². The molecule has 1 aromatic rings. The van der Waals surface area contributed by atoms with Crippen molar-refractivity contribution in [1.29, 1.82) is 0 Å². The van der Waals surface area contributed by atoms with Crippen LogP contribution in [0.15, 0.2) is 6.07 Å². The summed E-state index contributed by atoms with van der Waals surface area (Å²) in [7, 11) is 1.99. The molecular weight excluding hydrogens is 200 g/mol. The largest absolute Gasteiger partial charge is 0.272 e. The molecule has 16 heavy (non-hydrogen) atoms. The lowest BCUT2D eigenvalue weighted by Crippen LogP contribution is -2.38.